The molecule has 3 atom stereocenters. The Bertz CT molecular complexity index is 861. The zero-order valence-corrected chi connectivity index (χ0v) is 14.6. The molecule has 0 N–H and O–H groups in total. The molecular weight excluding hydrogens is 347 g/mol. The maximum Gasteiger partial charge on any atom is 0.417 e. The van der Waals surface area contributed by atoms with E-state index in [0.717, 1.165) is 18.9 Å². The van der Waals surface area contributed by atoms with Crippen LogP contribution in [0.1, 0.15) is 49.1 Å². The number of aryl methyl sites for hydroxylation is 1. The summed E-state index contributed by atoms with van der Waals surface area (Å²) in [6.45, 7) is 4.57. The van der Waals surface area contributed by atoms with Gasteiger partial charge < -0.3 is 9.42 Å². The summed E-state index contributed by atoms with van der Waals surface area (Å²) in [6, 6.07) is 1.03. The molecule has 1 amide bonds. The van der Waals surface area contributed by atoms with E-state index in [2.05, 4.69) is 10.1 Å². The van der Waals surface area contributed by atoms with Crippen LogP contribution in [0.2, 0.25) is 0 Å². The van der Waals surface area contributed by atoms with Gasteiger partial charge in [0.05, 0.1) is 16.6 Å². The molecule has 0 unspecified atom stereocenters. The van der Waals surface area contributed by atoms with Gasteiger partial charge in [0.25, 0.3) is 5.71 Å². The molecule has 0 aromatic carbocycles. The molecule has 1 saturated carbocycles. The highest BCUT2D eigenvalue weighted by molar-refractivity contribution is 5.83. The first-order valence-electron chi connectivity index (χ1n) is 8.88. The van der Waals surface area contributed by atoms with Gasteiger partial charge in [0.1, 0.15) is 0 Å². The van der Waals surface area contributed by atoms with Crippen molar-refractivity contribution >= 4 is 17.0 Å². The summed E-state index contributed by atoms with van der Waals surface area (Å²) < 4.78 is 45.7. The molecule has 3 heterocycles. The smallest absolute Gasteiger partial charge is 0.342 e. The number of aromatic nitrogens is 2. The molecule has 2 aliphatic rings. The van der Waals surface area contributed by atoms with Crippen LogP contribution in [0.25, 0.3) is 11.1 Å². The van der Waals surface area contributed by atoms with Crippen LogP contribution in [-0.2, 0) is 11.0 Å². The van der Waals surface area contributed by atoms with E-state index in [4.69, 9.17) is 4.52 Å². The zero-order valence-electron chi connectivity index (χ0n) is 14.6. The van der Waals surface area contributed by atoms with E-state index in [9.17, 15) is 18.0 Å². The van der Waals surface area contributed by atoms with Crippen LogP contribution < -0.4 is 0 Å². The molecule has 0 spiro atoms. The number of halogens is 3. The Labute approximate surface area is 148 Å². The number of carbonyl (C=O) groups excluding carboxylic acids is 1. The van der Waals surface area contributed by atoms with Gasteiger partial charge in [0.15, 0.2) is 0 Å². The Morgan fingerprint density at radius 3 is 2.77 bits per heavy atom. The predicted octanol–water partition coefficient (Wildman–Crippen LogP) is 3.91. The number of likely N-dealkylation sites (tertiary alicyclic amines) is 1. The number of pyridine rings is 1. The molecule has 5 nitrogen and oxygen atoms in total. The number of hydrogen-bond acceptors (Lipinski definition) is 4. The van der Waals surface area contributed by atoms with Crippen molar-refractivity contribution in [3.63, 3.8) is 0 Å². The van der Waals surface area contributed by atoms with E-state index >= 15 is 0 Å². The van der Waals surface area contributed by atoms with Gasteiger partial charge in [0.2, 0.25) is 5.91 Å². The average molecular weight is 367 g/mol. The first kappa shape index (κ1) is 17.3. The van der Waals surface area contributed by atoms with Crippen molar-refractivity contribution in [2.24, 2.45) is 11.8 Å². The third kappa shape index (κ3) is 2.95. The number of nitrogens with zero attached hydrogens (tertiary/aromatic N) is 3. The van der Waals surface area contributed by atoms with Crippen LogP contribution in [0.15, 0.2) is 10.6 Å². The lowest BCUT2D eigenvalue weighted by Crippen LogP contribution is -2.40. The largest absolute Gasteiger partial charge is 0.417 e. The molecule has 2 aromatic heterocycles. The maximum absolute atomic E-state index is 13.5. The summed E-state index contributed by atoms with van der Waals surface area (Å²) in [7, 11) is 0. The first-order chi connectivity index (χ1) is 12.3. The van der Waals surface area contributed by atoms with Crippen LogP contribution in [0.4, 0.5) is 13.2 Å². The van der Waals surface area contributed by atoms with E-state index in [1.54, 1.807) is 4.90 Å². The van der Waals surface area contributed by atoms with Crippen LogP contribution >= 0.6 is 0 Å². The number of carbonyl (C=O) groups is 1. The summed E-state index contributed by atoms with van der Waals surface area (Å²) in [5.74, 6) is 0.311. The van der Waals surface area contributed by atoms with Gasteiger partial charge in [-0.15, -0.1) is 0 Å². The van der Waals surface area contributed by atoms with Gasteiger partial charge in [0, 0.05) is 30.6 Å². The second kappa shape index (κ2) is 5.96. The van der Waals surface area contributed by atoms with Crippen LogP contribution in [0.3, 0.4) is 0 Å². The second-order valence-corrected chi connectivity index (χ2v) is 7.50. The maximum atomic E-state index is 13.5. The van der Waals surface area contributed by atoms with E-state index in [0.29, 0.717) is 25.4 Å². The molecule has 2 fully saturated rings. The standard InChI is InChI=1S/C18H20F3N3O2/c1-9-6-12(9)17(25)24-5-3-4-11(8-24)15-14-13(18(19,20)21)7-10(2)22-16(14)26-23-15/h7,9,11-12H,3-6,8H2,1-2H3/t9-,11-,12+/m1/s1. The van der Waals surface area contributed by atoms with Crippen molar-refractivity contribution in [2.45, 2.75) is 45.2 Å². The van der Waals surface area contributed by atoms with Crippen molar-refractivity contribution < 1.29 is 22.5 Å². The molecule has 0 bridgehead atoms. The number of rotatable bonds is 2. The normalized spacial score (nSPS) is 26.3. The van der Waals surface area contributed by atoms with Crippen molar-refractivity contribution in [3.05, 3.63) is 23.0 Å². The van der Waals surface area contributed by atoms with Crippen LogP contribution in [0.5, 0.6) is 0 Å². The van der Waals surface area contributed by atoms with Crippen LogP contribution in [-0.4, -0.2) is 34.0 Å². The fourth-order valence-corrected chi connectivity index (χ4v) is 3.90. The molecule has 26 heavy (non-hydrogen) atoms. The highest BCUT2D eigenvalue weighted by Crippen LogP contribution is 2.42. The molecule has 140 valence electrons. The van der Waals surface area contributed by atoms with E-state index in [1.165, 1.54) is 6.92 Å². The summed E-state index contributed by atoms with van der Waals surface area (Å²) >= 11 is 0. The van der Waals surface area contributed by atoms with Crippen molar-refractivity contribution in [2.75, 3.05) is 13.1 Å². The highest BCUT2D eigenvalue weighted by Gasteiger charge is 2.43. The lowest BCUT2D eigenvalue weighted by molar-refractivity contribution is -0.136. The zero-order chi connectivity index (χ0) is 18.6. The van der Waals surface area contributed by atoms with E-state index in [1.807, 2.05) is 6.92 Å². The number of amides is 1. The van der Waals surface area contributed by atoms with E-state index in [-0.39, 0.29) is 40.2 Å². The van der Waals surface area contributed by atoms with Gasteiger partial charge >= 0.3 is 6.18 Å². The van der Waals surface area contributed by atoms with Crippen LogP contribution in [0, 0.1) is 18.8 Å². The molecule has 2 aromatic rings. The Morgan fingerprint density at radius 1 is 1.38 bits per heavy atom. The summed E-state index contributed by atoms with van der Waals surface area (Å²) in [4.78, 5) is 18.3. The number of piperidine rings is 1. The van der Waals surface area contributed by atoms with Crippen molar-refractivity contribution in [3.8, 4) is 0 Å². The lowest BCUT2D eigenvalue weighted by Gasteiger charge is -2.32. The van der Waals surface area contributed by atoms with Gasteiger partial charge in [-0.05, 0) is 38.2 Å². The molecule has 0 radical (unpaired) electrons. The van der Waals surface area contributed by atoms with E-state index < -0.39 is 11.7 Å². The van der Waals surface area contributed by atoms with Gasteiger partial charge in [-0.2, -0.15) is 13.2 Å². The summed E-state index contributed by atoms with van der Waals surface area (Å²) in [5.41, 5.74) is -0.362. The molecule has 1 saturated heterocycles. The molecule has 4 rings (SSSR count). The number of alkyl halides is 3. The average Bonchev–Trinajstić information content (AvgIpc) is 3.16. The number of fused-ring (bicyclic) bond motifs is 1. The molecule has 1 aliphatic heterocycles. The molecular formula is C18H20F3N3O2. The monoisotopic (exact) mass is 367 g/mol. The third-order valence-corrected chi connectivity index (χ3v) is 5.45. The fourth-order valence-electron chi connectivity index (χ4n) is 3.90. The van der Waals surface area contributed by atoms with Gasteiger partial charge in [-0.25, -0.2) is 4.98 Å². The van der Waals surface area contributed by atoms with Gasteiger partial charge in [-0.1, -0.05) is 12.1 Å². The highest BCUT2D eigenvalue weighted by atomic mass is 19.4. The first-order valence-corrected chi connectivity index (χ1v) is 8.88. The van der Waals surface area contributed by atoms with Crippen molar-refractivity contribution in [1.82, 2.24) is 15.0 Å². The Morgan fingerprint density at radius 2 is 2.12 bits per heavy atom. The topological polar surface area (TPSA) is 59.2 Å². The predicted molar refractivity (Wildman–Crippen MR) is 87.4 cm³/mol. The molecule has 1 aliphatic carbocycles. The molecule has 8 heteroatoms. The van der Waals surface area contributed by atoms with Gasteiger partial charge in [-0.3, -0.25) is 4.79 Å². The summed E-state index contributed by atoms with van der Waals surface area (Å²) in [5, 5.41) is 3.86. The Kier molecular flexibility index (Phi) is 3.96. The minimum absolute atomic E-state index is 0.0674. The minimum Gasteiger partial charge on any atom is -0.342 e. The Balaban J connectivity index is 1.69. The number of hydrogen-bond donors (Lipinski definition) is 0. The van der Waals surface area contributed by atoms with Crippen molar-refractivity contribution in [1.29, 1.82) is 0 Å². The quantitative estimate of drug-likeness (QED) is 0.807. The lowest BCUT2D eigenvalue weighted by atomic mass is 9.91. The second-order valence-electron chi connectivity index (χ2n) is 7.50. The summed E-state index contributed by atoms with van der Waals surface area (Å²) in [6.07, 6.45) is -2.20. The Hall–Kier alpha value is -2.12. The SMILES string of the molecule is Cc1cc(C(F)(F)F)c2c([C@@H]3CCCN(C(=O)[C@H]4C[C@H]4C)C3)noc2n1. The third-order valence-electron chi connectivity index (χ3n) is 5.45. The minimum atomic E-state index is -4.51. The fraction of sp³-hybridized carbons (Fsp3) is 0.611.